The molecule has 9 heteroatoms. The minimum atomic E-state index is -0.721. The summed E-state index contributed by atoms with van der Waals surface area (Å²) >= 11 is 0. The molecule has 30 heavy (non-hydrogen) atoms. The lowest BCUT2D eigenvalue weighted by atomic mass is 10.0. The van der Waals surface area contributed by atoms with Crippen molar-refractivity contribution in [1.29, 1.82) is 0 Å². The summed E-state index contributed by atoms with van der Waals surface area (Å²) < 4.78 is 1.55. The van der Waals surface area contributed by atoms with Crippen molar-refractivity contribution >= 4 is 28.4 Å². The summed E-state index contributed by atoms with van der Waals surface area (Å²) in [6.07, 6.45) is 2.23. The predicted molar refractivity (Wildman–Crippen MR) is 112 cm³/mol. The van der Waals surface area contributed by atoms with Gasteiger partial charge in [-0.05, 0) is 34.2 Å². The average Bonchev–Trinajstić information content (AvgIpc) is 3.34. The van der Waals surface area contributed by atoms with E-state index in [2.05, 4.69) is 31.1 Å². The van der Waals surface area contributed by atoms with E-state index in [4.69, 9.17) is 0 Å². The van der Waals surface area contributed by atoms with E-state index in [9.17, 15) is 9.59 Å². The van der Waals surface area contributed by atoms with Gasteiger partial charge in [0.15, 0.2) is 5.82 Å². The first-order valence-corrected chi connectivity index (χ1v) is 9.47. The lowest BCUT2D eigenvalue weighted by Crippen LogP contribution is -2.44. The van der Waals surface area contributed by atoms with Gasteiger partial charge in [-0.15, -0.1) is 5.10 Å². The molecule has 3 N–H and O–H groups in total. The van der Waals surface area contributed by atoms with Crippen molar-refractivity contribution in [3.63, 3.8) is 0 Å². The largest absolute Gasteiger partial charge is 0.361 e. The van der Waals surface area contributed by atoms with Crippen LogP contribution >= 0.6 is 0 Å². The molecule has 0 fully saturated rings. The van der Waals surface area contributed by atoms with Gasteiger partial charge in [0, 0.05) is 48.7 Å². The summed E-state index contributed by atoms with van der Waals surface area (Å²) in [5.74, 6) is 0.0147. The number of benzene rings is 2. The van der Waals surface area contributed by atoms with Gasteiger partial charge in [0.1, 0.15) is 6.04 Å². The number of aryl methyl sites for hydroxylation is 1. The second-order valence-corrected chi connectivity index (χ2v) is 7.01. The molecule has 0 aliphatic heterocycles. The summed E-state index contributed by atoms with van der Waals surface area (Å²) in [5, 5.41) is 18.1. The molecule has 0 unspecified atom stereocenters. The number of amides is 2. The van der Waals surface area contributed by atoms with Crippen LogP contribution in [0.3, 0.4) is 0 Å². The van der Waals surface area contributed by atoms with E-state index < -0.39 is 6.04 Å². The summed E-state index contributed by atoms with van der Waals surface area (Å²) in [5.41, 5.74) is 3.31. The van der Waals surface area contributed by atoms with Gasteiger partial charge < -0.3 is 15.6 Å². The number of para-hydroxylation sites is 1. The number of hydrogen-bond donors (Lipinski definition) is 3. The van der Waals surface area contributed by atoms with Gasteiger partial charge in [0.25, 0.3) is 0 Å². The Morgan fingerprint density at radius 2 is 2.00 bits per heavy atom. The fourth-order valence-corrected chi connectivity index (χ4v) is 3.41. The molecular formula is C21H21N7O2. The quantitative estimate of drug-likeness (QED) is 0.455. The van der Waals surface area contributed by atoms with Gasteiger partial charge in [-0.2, -0.15) is 0 Å². The average molecular weight is 403 g/mol. The van der Waals surface area contributed by atoms with Crippen LogP contribution in [0.5, 0.6) is 0 Å². The second kappa shape index (κ2) is 8.16. The first kappa shape index (κ1) is 19.3. The molecule has 2 amide bonds. The van der Waals surface area contributed by atoms with Crippen molar-refractivity contribution in [3.05, 3.63) is 60.3 Å². The maximum atomic E-state index is 13.0. The van der Waals surface area contributed by atoms with Gasteiger partial charge in [-0.1, -0.05) is 30.3 Å². The molecule has 4 aromatic rings. The third kappa shape index (κ3) is 4.04. The van der Waals surface area contributed by atoms with Gasteiger partial charge in [0.05, 0.1) is 0 Å². The van der Waals surface area contributed by atoms with Crippen LogP contribution < -0.4 is 10.6 Å². The number of carbonyl (C=O) groups excluding carboxylic acids is 2. The molecule has 2 heterocycles. The Labute approximate surface area is 172 Å². The molecule has 0 saturated carbocycles. The van der Waals surface area contributed by atoms with E-state index in [1.165, 1.54) is 6.92 Å². The zero-order valence-corrected chi connectivity index (χ0v) is 16.6. The van der Waals surface area contributed by atoms with Gasteiger partial charge in [-0.3, -0.25) is 9.59 Å². The van der Waals surface area contributed by atoms with Crippen molar-refractivity contribution in [2.75, 3.05) is 5.32 Å². The molecule has 0 spiro atoms. The lowest BCUT2D eigenvalue weighted by molar-refractivity contribution is -0.125. The topological polar surface area (TPSA) is 118 Å². The number of fused-ring (bicyclic) bond motifs is 1. The van der Waals surface area contributed by atoms with Gasteiger partial charge in [-0.25, -0.2) is 4.68 Å². The number of rotatable bonds is 6. The second-order valence-electron chi connectivity index (χ2n) is 7.01. The minimum absolute atomic E-state index is 0.270. The zero-order chi connectivity index (χ0) is 21.1. The number of aromatic nitrogens is 5. The van der Waals surface area contributed by atoms with Crippen molar-refractivity contribution in [2.45, 2.75) is 19.4 Å². The number of anilines is 1. The highest BCUT2D eigenvalue weighted by Gasteiger charge is 2.22. The Balaban J connectivity index is 1.56. The maximum absolute atomic E-state index is 13.0. The van der Waals surface area contributed by atoms with E-state index in [-0.39, 0.29) is 11.8 Å². The summed E-state index contributed by atoms with van der Waals surface area (Å²) in [7, 11) is 1.74. The molecule has 0 aliphatic carbocycles. The summed E-state index contributed by atoms with van der Waals surface area (Å²) in [4.78, 5) is 27.9. The van der Waals surface area contributed by atoms with E-state index in [1.807, 2.05) is 42.6 Å². The Hall–Kier alpha value is -4.01. The number of nitrogens with zero attached hydrogens (tertiary/aromatic N) is 4. The molecule has 152 valence electrons. The number of nitrogens with one attached hydrogen (secondary N) is 3. The van der Waals surface area contributed by atoms with Gasteiger partial charge in [0.2, 0.25) is 11.8 Å². The number of H-pyrrole nitrogens is 1. The van der Waals surface area contributed by atoms with Crippen LogP contribution in [-0.2, 0) is 23.1 Å². The van der Waals surface area contributed by atoms with Crippen LogP contribution in [0.1, 0.15) is 12.5 Å². The Bertz CT molecular complexity index is 1210. The molecular weight excluding hydrogens is 382 g/mol. The fourth-order valence-electron chi connectivity index (χ4n) is 3.41. The van der Waals surface area contributed by atoms with Gasteiger partial charge >= 0.3 is 0 Å². The number of hydrogen-bond acceptors (Lipinski definition) is 5. The molecule has 0 bridgehead atoms. The van der Waals surface area contributed by atoms with E-state index >= 15 is 0 Å². The molecule has 4 rings (SSSR count). The van der Waals surface area contributed by atoms with Crippen LogP contribution in [0.2, 0.25) is 0 Å². The first-order chi connectivity index (χ1) is 14.5. The lowest BCUT2D eigenvalue weighted by Gasteiger charge is -2.18. The Morgan fingerprint density at radius 3 is 2.77 bits per heavy atom. The first-order valence-electron chi connectivity index (χ1n) is 9.47. The van der Waals surface area contributed by atoms with Crippen molar-refractivity contribution in [3.8, 4) is 11.4 Å². The van der Waals surface area contributed by atoms with E-state index in [0.717, 1.165) is 22.0 Å². The molecule has 9 nitrogen and oxygen atoms in total. The van der Waals surface area contributed by atoms with Crippen molar-refractivity contribution < 1.29 is 9.59 Å². The van der Waals surface area contributed by atoms with Crippen LogP contribution in [0.25, 0.3) is 22.3 Å². The highest BCUT2D eigenvalue weighted by atomic mass is 16.2. The standard InChI is InChI=1S/C21H21N7O2/c1-13(29)23-19(11-15-12-22-18-9-4-3-8-17(15)18)21(30)24-16-7-5-6-14(10-16)20-25-26-27-28(20)2/h3-10,12,19,22H,11H2,1-2H3,(H,23,29)(H,24,30)/t19-/m1/s1. The SMILES string of the molecule is CC(=O)N[C@H](Cc1c[nH]c2ccccc12)C(=O)Nc1cccc(-c2nnnn2C)c1. The van der Waals surface area contributed by atoms with Crippen molar-refractivity contribution in [2.24, 2.45) is 7.05 Å². The number of tetrazole rings is 1. The normalized spacial score (nSPS) is 11.9. The third-order valence-corrected chi connectivity index (χ3v) is 4.80. The summed E-state index contributed by atoms with van der Waals surface area (Å²) in [6.45, 7) is 1.40. The molecule has 0 aliphatic rings. The van der Waals surface area contributed by atoms with Crippen LogP contribution in [0.4, 0.5) is 5.69 Å². The highest BCUT2D eigenvalue weighted by molar-refractivity contribution is 5.98. The zero-order valence-electron chi connectivity index (χ0n) is 16.6. The van der Waals surface area contributed by atoms with Crippen molar-refractivity contribution in [1.82, 2.24) is 30.5 Å². The van der Waals surface area contributed by atoms with E-state index in [1.54, 1.807) is 23.9 Å². The molecule has 1 atom stereocenters. The summed E-state index contributed by atoms with van der Waals surface area (Å²) in [6, 6.07) is 14.4. The Kier molecular flexibility index (Phi) is 5.25. The number of aromatic amines is 1. The third-order valence-electron chi connectivity index (χ3n) is 4.80. The van der Waals surface area contributed by atoms with Crippen LogP contribution in [-0.4, -0.2) is 43.0 Å². The molecule has 2 aromatic carbocycles. The predicted octanol–water partition coefficient (Wildman–Crippen LogP) is 2.04. The maximum Gasteiger partial charge on any atom is 0.247 e. The fraction of sp³-hybridized carbons (Fsp3) is 0.190. The Morgan fingerprint density at radius 1 is 1.17 bits per heavy atom. The van der Waals surface area contributed by atoms with E-state index in [0.29, 0.717) is 17.9 Å². The minimum Gasteiger partial charge on any atom is -0.361 e. The van der Waals surface area contributed by atoms with Crippen LogP contribution in [0.15, 0.2) is 54.7 Å². The molecule has 2 aromatic heterocycles. The smallest absolute Gasteiger partial charge is 0.247 e. The molecule has 0 saturated heterocycles. The van der Waals surface area contributed by atoms with Crippen LogP contribution in [0, 0.1) is 0 Å². The monoisotopic (exact) mass is 403 g/mol. The number of carbonyl (C=O) groups is 2. The molecule has 0 radical (unpaired) electrons. The highest BCUT2D eigenvalue weighted by Crippen LogP contribution is 2.21.